The van der Waals surface area contributed by atoms with E-state index >= 15 is 0 Å². The summed E-state index contributed by atoms with van der Waals surface area (Å²) >= 11 is 3.48. The molecular weight excluding hydrogens is 280 g/mol. The van der Waals surface area contributed by atoms with Crippen LogP contribution >= 0.6 is 15.9 Å². The van der Waals surface area contributed by atoms with Crippen molar-refractivity contribution in [1.29, 1.82) is 0 Å². The van der Waals surface area contributed by atoms with Gasteiger partial charge < -0.3 is 9.47 Å². The standard InChI is InChI=1S/C14H21BrO2/c1-13(2,3)16-10-7-8-11(15)12(9-10)17-14(4,5)6/h7-9H,1-6H3. The molecule has 1 rings (SSSR count). The van der Waals surface area contributed by atoms with Crippen LogP contribution < -0.4 is 9.47 Å². The number of halogens is 1. The zero-order chi connectivity index (χ0) is 13.3. The highest BCUT2D eigenvalue weighted by Gasteiger charge is 2.17. The van der Waals surface area contributed by atoms with Crippen molar-refractivity contribution in [3.8, 4) is 11.5 Å². The Bertz CT molecular complexity index is 386. The first-order chi connectivity index (χ1) is 7.57. The fourth-order valence-electron chi connectivity index (χ4n) is 1.31. The van der Waals surface area contributed by atoms with Gasteiger partial charge in [-0.15, -0.1) is 0 Å². The summed E-state index contributed by atoms with van der Waals surface area (Å²) in [5.41, 5.74) is -0.421. The minimum absolute atomic E-state index is 0.202. The van der Waals surface area contributed by atoms with Gasteiger partial charge in [0.1, 0.15) is 22.7 Å². The van der Waals surface area contributed by atoms with Gasteiger partial charge >= 0.3 is 0 Å². The summed E-state index contributed by atoms with van der Waals surface area (Å²) in [5, 5.41) is 0. The summed E-state index contributed by atoms with van der Waals surface area (Å²) in [7, 11) is 0. The summed E-state index contributed by atoms with van der Waals surface area (Å²) in [6.07, 6.45) is 0. The lowest BCUT2D eigenvalue weighted by Gasteiger charge is -2.25. The van der Waals surface area contributed by atoms with E-state index < -0.39 is 0 Å². The van der Waals surface area contributed by atoms with Gasteiger partial charge in [-0.3, -0.25) is 0 Å². The molecule has 0 N–H and O–H groups in total. The summed E-state index contributed by atoms with van der Waals surface area (Å²) in [4.78, 5) is 0. The van der Waals surface area contributed by atoms with E-state index in [1.807, 2.05) is 59.7 Å². The molecule has 1 aromatic carbocycles. The topological polar surface area (TPSA) is 18.5 Å². The highest BCUT2D eigenvalue weighted by atomic mass is 79.9. The highest BCUT2D eigenvalue weighted by molar-refractivity contribution is 9.10. The monoisotopic (exact) mass is 300 g/mol. The number of rotatable bonds is 2. The quantitative estimate of drug-likeness (QED) is 0.781. The molecule has 3 heteroatoms. The van der Waals surface area contributed by atoms with Crippen molar-refractivity contribution in [2.75, 3.05) is 0 Å². The average molecular weight is 301 g/mol. The van der Waals surface area contributed by atoms with Crippen LogP contribution in [0, 0.1) is 0 Å². The third kappa shape index (κ3) is 5.44. The Labute approximate surface area is 112 Å². The lowest BCUT2D eigenvalue weighted by atomic mass is 10.2. The van der Waals surface area contributed by atoms with Gasteiger partial charge in [0.15, 0.2) is 0 Å². The molecule has 0 heterocycles. The molecule has 0 saturated heterocycles. The third-order valence-corrected chi connectivity index (χ3v) is 2.40. The summed E-state index contributed by atoms with van der Waals surface area (Å²) < 4.78 is 12.6. The van der Waals surface area contributed by atoms with Crippen LogP contribution in [0.3, 0.4) is 0 Å². The van der Waals surface area contributed by atoms with Crippen LogP contribution in [0.15, 0.2) is 22.7 Å². The van der Waals surface area contributed by atoms with Crippen LogP contribution in [-0.4, -0.2) is 11.2 Å². The molecule has 0 radical (unpaired) electrons. The molecule has 0 unspecified atom stereocenters. The molecule has 0 amide bonds. The van der Waals surface area contributed by atoms with Crippen molar-refractivity contribution in [1.82, 2.24) is 0 Å². The van der Waals surface area contributed by atoms with E-state index in [0.717, 1.165) is 16.0 Å². The maximum Gasteiger partial charge on any atom is 0.137 e. The smallest absolute Gasteiger partial charge is 0.137 e. The van der Waals surface area contributed by atoms with Crippen molar-refractivity contribution in [3.63, 3.8) is 0 Å². The second-order valence-electron chi connectivity index (χ2n) is 6.02. The van der Waals surface area contributed by atoms with Gasteiger partial charge in [0, 0.05) is 6.07 Å². The van der Waals surface area contributed by atoms with Crippen molar-refractivity contribution in [2.45, 2.75) is 52.7 Å². The van der Waals surface area contributed by atoms with Gasteiger partial charge in [-0.2, -0.15) is 0 Å². The lowest BCUT2D eigenvalue weighted by Crippen LogP contribution is -2.24. The van der Waals surface area contributed by atoms with Crippen LogP contribution in [0.25, 0.3) is 0 Å². The summed E-state index contributed by atoms with van der Waals surface area (Å²) in [6, 6.07) is 5.80. The van der Waals surface area contributed by atoms with Crippen LogP contribution in [0.4, 0.5) is 0 Å². The molecule has 1 aromatic rings. The van der Waals surface area contributed by atoms with Crippen LogP contribution in [0.1, 0.15) is 41.5 Å². The molecule has 0 atom stereocenters. The fraction of sp³-hybridized carbons (Fsp3) is 0.571. The maximum atomic E-state index is 5.86. The van der Waals surface area contributed by atoms with Gasteiger partial charge in [0.2, 0.25) is 0 Å². The zero-order valence-corrected chi connectivity index (χ0v) is 13.0. The Hall–Kier alpha value is -0.700. The van der Waals surface area contributed by atoms with E-state index in [-0.39, 0.29) is 11.2 Å². The van der Waals surface area contributed by atoms with Crippen molar-refractivity contribution >= 4 is 15.9 Å². The third-order valence-electron chi connectivity index (χ3n) is 1.74. The second-order valence-corrected chi connectivity index (χ2v) is 6.88. The Kier molecular flexibility index (Phi) is 4.13. The van der Waals surface area contributed by atoms with Gasteiger partial charge in [-0.25, -0.2) is 0 Å². The Balaban J connectivity index is 2.95. The molecule has 0 fully saturated rings. The van der Waals surface area contributed by atoms with Crippen LogP contribution in [0.5, 0.6) is 11.5 Å². The molecule has 0 aromatic heterocycles. The molecule has 96 valence electrons. The predicted octanol–water partition coefficient (Wildman–Crippen LogP) is 4.80. The molecule has 0 spiro atoms. The number of hydrogen-bond donors (Lipinski definition) is 0. The van der Waals surface area contributed by atoms with Crippen LogP contribution in [-0.2, 0) is 0 Å². The van der Waals surface area contributed by atoms with Gasteiger partial charge in [-0.1, -0.05) is 0 Å². The zero-order valence-electron chi connectivity index (χ0n) is 11.4. The van der Waals surface area contributed by atoms with Crippen molar-refractivity contribution in [2.24, 2.45) is 0 Å². The van der Waals surface area contributed by atoms with Gasteiger partial charge in [-0.05, 0) is 69.6 Å². The first-order valence-electron chi connectivity index (χ1n) is 5.74. The van der Waals surface area contributed by atoms with Crippen molar-refractivity contribution in [3.05, 3.63) is 22.7 Å². The molecule has 2 nitrogen and oxygen atoms in total. The molecule has 0 aliphatic carbocycles. The minimum Gasteiger partial charge on any atom is -0.488 e. The SMILES string of the molecule is CC(C)(C)Oc1ccc(Br)c(OC(C)(C)C)c1. The van der Waals surface area contributed by atoms with E-state index in [0.29, 0.717) is 0 Å². The fourth-order valence-corrected chi connectivity index (χ4v) is 1.64. The molecule has 0 saturated carbocycles. The summed E-state index contributed by atoms with van der Waals surface area (Å²) in [5.74, 6) is 1.62. The molecule has 0 aliphatic rings. The Morgan fingerprint density at radius 2 is 1.41 bits per heavy atom. The molecule has 0 aliphatic heterocycles. The predicted molar refractivity (Wildman–Crippen MR) is 74.9 cm³/mol. The van der Waals surface area contributed by atoms with Gasteiger partial charge in [0.05, 0.1) is 4.47 Å². The average Bonchev–Trinajstić information content (AvgIpc) is 2.05. The number of benzene rings is 1. The lowest BCUT2D eigenvalue weighted by molar-refractivity contribution is 0.120. The molecule has 0 bridgehead atoms. The van der Waals surface area contributed by atoms with Crippen molar-refractivity contribution < 1.29 is 9.47 Å². The molecule has 17 heavy (non-hydrogen) atoms. The summed E-state index contributed by atoms with van der Waals surface area (Å²) in [6.45, 7) is 12.2. The van der Waals surface area contributed by atoms with E-state index in [4.69, 9.17) is 9.47 Å². The largest absolute Gasteiger partial charge is 0.488 e. The van der Waals surface area contributed by atoms with E-state index in [1.54, 1.807) is 0 Å². The normalized spacial score (nSPS) is 12.4. The number of ether oxygens (including phenoxy) is 2. The van der Waals surface area contributed by atoms with E-state index in [2.05, 4.69) is 15.9 Å². The first-order valence-corrected chi connectivity index (χ1v) is 6.54. The minimum atomic E-state index is -0.219. The van der Waals surface area contributed by atoms with E-state index in [1.165, 1.54) is 0 Å². The first kappa shape index (κ1) is 14.4. The highest BCUT2D eigenvalue weighted by Crippen LogP contribution is 2.33. The van der Waals surface area contributed by atoms with Crippen LogP contribution in [0.2, 0.25) is 0 Å². The van der Waals surface area contributed by atoms with E-state index in [9.17, 15) is 0 Å². The second kappa shape index (κ2) is 4.89. The Morgan fingerprint density at radius 3 is 1.88 bits per heavy atom. The number of hydrogen-bond acceptors (Lipinski definition) is 2. The Morgan fingerprint density at radius 1 is 0.882 bits per heavy atom. The van der Waals surface area contributed by atoms with Gasteiger partial charge in [0.25, 0.3) is 0 Å². The maximum absolute atomic E-state index is 5.86. The molecular formula is C14H21BrO2.